The molecule has 2 aromatic rings. The maximum atomic E-state index is 2.49. The molecule has 26 heavy (non-hydrogen) atoms. The lowest BCUT2D eigenvalue weighted by Gasteiger charge is -2.06. The Labute approximate surface area is 161 Å². The summed E-state index contributed by atoms with van der Waals surface area (Å²) in [5, 5.41) is 0. The van der Waals surface area contributed by atoms with Crippen molar-refractivity contribution in [1.29, 1.82) is 0 Å². The maximum Gasteiger partial charge on any atom is 0.260 e. The van der Waals surface area contributed by atoms with Crippen LogP contribution in [0.15, 0.2) is 42.7 Å². The standard InChI is InChI=1S/C24H39N2/c1-3-5-6-7-8-9-10-11-15-19-26-21-20-25(18-4-2)24(26)22-23-16-13-12-14-17-23/h12-14,16-17,20-21H,3-11,15,18-19,22H2,1-2H3/q+1. The first kappa shape index (κ1) is 20.7. The van der Waals surface area contributed by atoms with Crippen LogP contribution in [0.3, 0.4) is 0 Å². The number of imidazole rings is 1. The zero-order chi connectivity index (χ0) is 18.5. The van der Waals surface area contributed by atoms with Gasteiger partial charge in [-0.1, -0.05) is 89.1 Å². The Kier molecular flexibility index (Phi) is 10.2. The molecule has 1 aromatic carbocycles. The first-order chi connectivity index (χ1) is 12.8. The molecule has 0 aliphatic carbocycles. The van der Waals surface area contributed by atoms with Crippen LogP contribution < -0.4 is 4.57 Å². The van der Waals surface area contributed by atoms with Gasteiger partial charge in [-0.15, -0.1) is 0 Å². The van der Waals surface area contributed by atoms with E-state index >= 15 is 0 Å². The van der Waals surface area contributed by atoms with Gasteiger partial charge in [-0.2, -0.15) is 0 Å². The summed E-state index contributed by atoms with van der Waals surface area (Å²) in [7, 11) is 0. The molecule has 0 unspecified atom stereocenters. The Hall–Kier alpha value is -1.57. The minimum atomic E-state index is 1.03. The van der Waals surface area contributed by atoms with Crippen LogP contribution in [0.25, 0.3) is 0 Å². The van der Waals surface area contributed by atoms with Crippen molar-refractivity contribution in [1.82, 2.24) is 4.57 Å². The quantitative estimate of drug-likeness (QED) is 0.277. The van der Waals surface area contributed by atoms with Gasteiger partial charge < -0.3 is 0 Å². The van der Waals surface area contributed by atoms with Crippen LogP contribution in [0.1, 0.15) is 89.4 Å². The van der Waals surface area contributed by atoms with E-state index in [1.165, 1.54) is 75.6 Å². The molecule has 0 amide bonds. The number of benzene rings is 1. The Morgan fingerprint density at radius 3 is 2.08 bits per heavy atom. The van der Waals surface area contributed by atoms with E-state index in [4.69, 9.17) is 0 Å². The lowest BCUT2D eigenvalue weighted by molar-refractivity contribution is -0.703. The molecule has 2 nitrogen and oxygen atoms in total. The molecule has 1 aromatic heterocycles. The number of hydrogen-bond donors (Lipinski definition) is 0. The summed E-state index contributed by atoms with van der Waals surface area (Å²) >= 11 is 0. The second kappa shape index (κ2) is 12.7. The molecule has 0 radical (unpaired) electrons. The first-order valence-corrected chi connectivity index (χ1v) is 11.0. The maximum absolute atomic E-state index is 2.49. The molecule has 1 heterocycles. The number of unbranched alkanes of at least 4 members (excludes halogenated alkanes) is 8. The van der Waals surface area contributed by atoms with Crippen molar-refractivity contribution in [2.45, 2.75) is 97.6 Å². The van der Waals surface area contributed by atoms with Crippen LogP contribution in [0.2, 0.25) is 0 Å². The van der Waals surface area contributed by atoms with E-state index in [-0.39, 0.29) is 0 Å². The average molecular weight is 356 g/mol. The molecule has 144 valence electrons. The minimum Gasteiger partial charge on any atom is -0.234 e. The van der Waals surface area contributed by atoms with E-state index in [2.05, 4.69) is 65.7 Å². The second-order valence-corrected chi connectivity index (χ2v) is 7.59. The van der Waals surface area contributed by atoms with Crippen molar-refractivity contribution < 1.29 is 4.57 Å². The molecule has 0 fully saturated rings. The van der Waals surface area contributed by atoms with Crippen molar-refractivity contribution in [2.24, 2.45) is 0 Å². The number of hydrogen-bond acceptors (Lipinski definition) is 0. The van der Waals surface area contributed by atoms with E-state index in [0.29, 0.717) is 0 Å². The first-order valence-electron chi connectivity index (χ1n) is 11.0. The molecule has 2 rings (SSSR count). The predicted octanol–water partition coefficient (Wildman–Crippen LogP) is 6.31. The van der Waals surface area contributed by atoms with Crippen LogP contribution in [0.4, 0.5) is 0 Å². The van der Waals surface area contributed by atoms with Crippen molar-refractivity contribution in [3.05, 3.63) is 54.1 Å². The van der Waals surface area contributed by atoms with E-state index < -0.39 is 0 Å². The van der Waals surface area contributed by atoms with E-state index in [1.54, 1.807) is 0 Å². The van der Waals surface area contributed by atoms with E-state index in [0.717, 1.165) is 19.5 Å². The predicted molar refractivity (Wildman–Crippen MR) is 111 cm³/mol. The molecule has 0 saturated heterocycles. The normalized spacial score (nSPS) is 11.2. The Balaban J connectivity index is 1.77. The lowest BCUT2D eigenvalue weighted by Crippen LogP contribution is -2.37. The summed E-state index contributed by atoms with van der Waals surface area (Å²) in [6.45, 7) is 6.83. The highest BCUT2D eigenvalue weighted by Gasteiger charge is 2.16. The molecule has 0 aliphatic rings. The van der Waals surface area contributed by atoms with Crippen LogP contribution in [-0.2, 0) is 19.5 Å². The van der Waals surface area contributed by atoms with Gasteiger partial charge in [-0.05, 0) is 24.8 Å². The van der Waals surface area contributed by atoms with Crippen LogP contribution >= 0.6 is 0 Å². The van der Waals surface area contributed by atoms with Crippen LogP contribution in [-0.4, -0.2) is 4.57 Å². The van der Waals surface area contributed by atoms with E-state index in [9.17, 15) is 0 Å². The van der Waals surface area contributed by atoms with Crippen molar-refractivity contribution >= 4 is 0 Å². The summed E-state index contributed by atoms with van der Waals surface area (Å²) in [6, 6.07) is 10.9. The summed E-state index contributed by atoms with van der Waals surface area (Å²) in [6.07, 6.45) is 19.3. The van der Waals surface area contributed by atoms with Crippen molar-refractivity contribution in [2.75, 3.05) is 0 Å². The van der Waals surface area contributed by atoms with Crippen LogP contribution in [0, 0.1) is 0 Å². The fraction of sp³-hybridized carbons (Fsp3) is 0.625. The van der Waals surface area contributed by atoms with Gasteiger partial charge in [0.25, 0.3) is 5.82 Å². The molecule has 0 aliphatic heterocycles. The topological polar surface area (TPSA) is 8.81 Å². The second-order valence-electron chi connectivity index (χ2n) is 7.59. The smallest absolute Gasteiger partial charge is 0.234 e. The number of nitrogens with zero attached hydrogens (tertiary/aromatic N) is 2. The third-order valence-corrected chi connectivity index (χ3v) is 5.26. The molecule has 0 saturated carbocycles. The summed E-state index contributed by atoms with van der Waals surface area (Å²) in [5.41, 5.74) is 1.41. The van der Waals surface area contributed by atoms with Gasteiger partial charge in [0.15, 0.2) is 0 Å². The van der Waals surface area contributed by atoms with Gasteiger partial charge in [-0.3, -0.25) is 0 Å². The van der Waals surface area contributed by atoms with Crippen molar-refractivity contribution in [3.63, 3.8) is 0 Å². The number of aryl methyl sites for hydroxylation is 2. The molecule has 0 bridgehead atoms. The Bertz CT molecular complexity index is 586. The van der Waals surface area contributed by atoms with E-state index in [1.807, 2.05) is 0 Å². The highest BCUT2D eigenvalue weighted by atomic mass is 15.1. The molecule has 0 spiro atoms. The molecular weight excluding hydrogens is 316 g/mol. The summed E-state index contributed by atoms with van der Waals surface area (Å²) < 4.78 is 4.94. The third kappa shape index (κ3) is 7.35. The summed E-state index contributed by atoms with van der Waals surface area (Å²) in [5.74, 6) is 1.46. The lowest BCUT2D eigenvalue weighted by atomic mass is 10.1. The fourth-order valence-electron chi connectivity index (χ4n) is 3.72. The third-order valence-electron chi connectivity index (χ3n) is 5.26. The fourth-order valence-corrected chi connectivity index (χ4v) is 3.72. The largest absolute Gasteiger partial charge is 0.260 e. The molecular formula is C24H39N2+. The van der Waals surface area contributed by atoms with Gasteiger partial charge >= 0.3 is 0 Å². The minimum absolute atomic E-state index is 1.03. The van der Waals surface area contributed by atoms with Gasteiger partial charge in [0.2, 0.25) is 0 Å². The summed E-state index contributed by atoms with van der Waals surface area (Å²) in [4.78, 5) is 0. The SMILES string of the molecule is CCCCCCCCCCCn1cc[n+](CCC)c1Cc1ccccc1. The van der Waals surface area contributed by atoms with Gasteiger partial charge in [0.05, 0.1) is 19.5 Å². The molecule has 0 N–H and O–H groups in total. The highest BCUT2D eigenvalue weighted by molar-refractivity contribution is 5.18. The average Bonchev–Trinajstić information content (AvgIpc) is 3.03. The zero-order valence-corrected chi connectivity index (χ0v) is 17.1. The van der Waals surface area contributed by atoms with Crippen LogP contribution in [0.5, 0.6) is 0 Å². The zero-order valence-electron chi connectivity index (χ0n) is 17.1. The monoisotopic (exact) mass is 355 g/mol. The van der Waals surface area contributed by atoms with Gasteiger partial charge in [-0.25, -0.2) is 9.13 Å². The van der Waals surface area contributed by atoms with Gasteiger partial charge in [0, 0.05) is 0 Å². The molecule has 2 heteroatoms. The van der Waals surface area contributed by atoms with Gasteiger partial charge in [0.1, 0.15) is 12.4 Å². The van der Waals surface area contributed by atoms with Crippen molar-refractivity contribution in [3.8, 4) is 0 Å². The number of aromatic nitrogens is 2. The number of rotatable bonds is 14. The Morgan fingerprint density at radius 1 is 0.769 bits per heavy atom. The highest BCUT2D eigenvalue weighted by Crippen LogP contribution is 2.12. The molecule has 0 atom stereocenters. The Morgan fingerprint density at radius 2 is 1.42 bits per heavy atom.